The van der Waals surface area contributed by atoms with Crippen molar-refractivity contribution in [1.29, 1.82) is 0 Å². The Morgan fingerprint density at radius 1 is 1.41 bits per heavy atom. The zero-order chi connectivity index (χ0) is 12.7. The number of hydrogen-bond acceptors (Lipinski definition) is 1. The lowest BCUT2D eigenvalue weighted by Crippen LogP contribution is -2.22. The van der Waals surface area contributed by atoms with E-state index in [-0.39, 0.29) is 6.04 Å². The second kappa shape index (κ2) is 7.61. The Morgan fingerprint density at radius 3 is 2.82 bits per heavy atom. The monoisotopic (exact) mass is 269 g/mol. The third-order valence-electron chi connectivity index (χ3n) is 2.57. The summed E-state index contributed by atoms with van der Waals surface area (Å²) in [6.07, 6.45) is 7.99. The van der Waals surface area contributed by atoms with Crippen LogP contribution in [0.15, 0.2) is 18.2 Å². The van der Waals surface area contributed by atoms with E-state index in [0.29, 0.717) is 10.0 Å². The van der Waals surface area contributed by atoms with Crippen LogP contribution in [0.5, 0.6) is 0 Å². The van der Waals surface area contributed by atoms with Gasteiger partial charge in [0.25, 0.3) is 0 Å². The van der Waals surface area contributed by atoms with Gasteiger partial charge < -0.3 is 5.32 Å². The molecule has 1 atom stereocenters. The summed E-state index contributed by atoms with van der Waals surface area (Å²) in [5.41, 5.74) is 1.03. The summed E-state index contributed by atoms with van der Waals surface area (Å²) in [6, 6.07) is 5.89. The predicted molar refractivity (Wildman–Crippen MR) is 75.6 cm³/mol. The molecule has 17 heavy (non-hydrogen) atoms. The van der Waals surface area contributed by atoms with Gasteiger partial charge >= 0.3 is 0 Å². The molecule has 0 heterocycles. The summed E-state index contributed by atoms with van der Waals surface area (Å²) >= 11 is 12.2. The number of terminal acetylenes is 1. The van der Waals surface area contributed by atoms with Gasteiger partial charge in [-0.2, -0.15) is 0 Å². The smallest absolute Gasteiger partial charge is 0.0640 e. The highest BCUT2D eigenvalue weighted by molar-refractivity contribution is 6.42. The van der Waals surface area contributed by atoms with E-state index >= 15 is 0 Å². The van der Waals surface area contributed by atoms with Gasteiger partial charge in [0.15, 0.2) is 0 Å². The normalized spacial score (nSPS) is 12.1. The maximum atomic E-state index is 6.22. The number of benzene rings is 1. The van der Waals surface area contributed by atoms with Gasteiger partial charge in [-0.1, -0.05) is 42.3 Å². The van der Waals surface area contributed by atoms with Crippen molar-refractivity contribution in [1.82, 2.24) is 5.32 Å². The first-order valence-corrected chi connectivity index (χ1v) is 6.57. The molecule has 0 saturated carbocycles. The van der Waals surface area contributed by atoms with Crippen molar-refractivity contribution in [2.45, 2.75) is 32.2 Å². The molecule has 0 saturated heterocycles. The maximum absolute atomic E-state index is 6.22. The fraction of sp³-hybridized carbons (Fsp3) is 0.429. The quantitative estimate of drug-likeness (QED) is 0.753. The van der Waals surface area contributed by atoms with E-state index in [2.05, 4.69) is 18.2 Å². The summed E-state index contributed by atoms with van der Waals surface area (Å²) in [4.78, 5) is 0. The Kier molecular flexibility index (Phi) is 6.44. The van der Waals surface area contributed by atoms with E-state index in [1.165, 1.54) is 0 Å². The molecule has 1 rings (SSSR count). The van der Waals surface area contributed by atoms with Crippen LogP contribution < -0.4 is 5.32 Å². The Bertz CT molecular complexity index is 396. The van der Waals surface area contributed by atoms with Crippen molar-refractivity contribution in [3.63, 3.8) is 0 Å². The molecule has 0 amide bonds. The van der Waals surface area contributed by atoms with Crippen molar-refractivity contribution >= 4 is 23.2 Å². The minimum atomic E-state index is 0.178. The lowest BCUT2D eigenvalue weighted by Gasteiger charge is -2.19. The van der Waals surface area contributed by atoms with Crippen LogP contribution in [0.2, 0.25) is 10.0 Å². The lowest BCUT2D eigenvalue weighted by atomic mass is 10.0. The van der Waals surface area contributed by atoms with Crippen molar-refractivity contribution in [2.75, 3.05) is 6.54 Å². The highest BCUT2D eigenvalue weighted by atomic mass is 35.5. The number of hydrogen-bond donors (Lipinski definition) is 1. The highest BCUT2D eigenvalue weighted by Gasteiger charge is 2.14. The van der Waals surface area contributed by atoms with Gasteiger partial charge in [0.05, 0.1) is 10.0 Å². The summed E-state index contributed by atoms with van der Waals surface area (Å²) in [7, 11) is 0. The van der Waals surface area contributed by atoms with E-state index in [0.717, 1.165) is 31.4 Å². The van der Waals surface area contributed by atoms with Crippen LogP contribution in [0.25, 0.3) is 0 Å². The SMILES string of the molecule is C#CCCC(NCCC)c1cccc(Cl)c1Cl. The molecule has 0 spiro atoms. The Balaban J connectivity index is 2.87. The van der Waals surface area contributed by atoms with E-state index in [1.807, 2.05) is 12.1 Å². The van der Waals surface area contributed by atoms with Crippen LogP contribution in [-0.4, -0.2) is 6.54 Å². The highest BCUT2D eigenvalue weighted by Crippen LogP contribution is 2.31. The maximum Gasteiger partial charge on any atom is 0.0640 e. The van der Waals surface area contributed by atoms with Crippen LogP contribution in [0.1, 0.15) is 37.8 Å². The first-order chi connectivity index (χ1) is 8.20. The van der Waals surface area contributed by atoms with Crippen molar-refractivity contribution < 1.29 is 0 Å². The fourth-order valence-corrected chi connectivity index (χ4v) is 2.14. The van der Waals surface area contributed by atoms with Gasteiger partial charge in [-0.25, -0.2) is 0 Å². The standard InChI is InChI=1S/C14H17Cl2N/c1-3-5-9-13(17-10-4-2)11-7-6-8-12(15)14(11)16/h1,6-8,13,17H,4-5,9-10H2,2H3. The number of rotatable bonds is 6. The third kappa shape index (κ3) is 4.24. The molecule has 0 radical (unpaired) electrons. The van der Waals surface area contributed by atoms with Gasteiger partial charge in [-0.3, -0.25) is 0 Å². The topological polar surface area (TPSA) is 12.0 Å². The van der Waals surface area contributed by atoms with Gasteiger partial charge in [0, 0.05) is 12.5 Å². The van der Waals surface area contributed by atoms with Crippen molar-refractivity contribution in [3.05, 3.63) is 33.8 Å². The van der Waals surface area contributed by atoms with E-state index in [1.54, 1.807) is 6.07 Å². The number of halogens is 2. The molecule has 0 fully saturated rings. The third-order valence-corrected chi connectivity index (χ3v) is 3.41. The van der Waals surface area contributed by atoms with Gasteiger partial charge in [0.2, 0.25) is 0 Å². The molecule has 1 aromatic rings. The Hall–Kier alpha value is -0.680. The summed E-state index contributed by atoms with van der Waals surface area (Å²) in [5.74, 6) is 2.66. The molecule has 1 nitrogen and oxygen atoms in total. The van der Waals surface area contributed by atoms with Crippen LogP contribution >= 0.6 is 23.2 Å². The largest absolute Gasteiger partial charge is 0.310 e. The molecule has 1 unspecified atom stereocenters. The lowest BCUT2D eigenvalue weighted by molar-refractivity contribution is 0.506. The van der Waals surface area contributed by atoms with E-state index in [9.17, 15) is 0 Å². The van der Waals surface area contributed by atoms with Crippen LogP contribution in [-0.2, 0) is 0 Å². The van der Waals surface area contributed by atoms with Crippen molar-refractivity contribution in [2.24, 2.45) is 0 Å². The summed E-state index contributed by atoms with van der Waals surface area (Å²) in [5, 5.41) is 4.67. The van der Waals surface area contributed by atoms with Crippen molar-refractivity contribution in [3.8, 4) is 12.3 Å². The second-order valence-corrected chi connectivity index (χ2v) is 4.68. The molecule has 92 valence electrons. The second-order valence-electron chi connectivity index (χ2n) is 3.89. The van der Waals surface area contributed by atoms with Crippen LogP contribution in [0.4, 0.5) is 0 Å². The molecule has 0 aliphatic carbocycles. The average molecular weight is 270 g/mol. The Morgan fingerprint density at radius 2 is 2.18 bits per heavy atom. The Labute approximate surface area is 114 Å². The molecule has 0 bridgehead atoms. The first kappa shape index (κ1) is 14.4. The molecule has 1 aromatic carbocycles. The molecule has 3 heteroatoms. The van der Waals surface area contributed by atoms with Gasteiger partial charge in [0.1, 0.15) is 0 Å². The van der Waals surface area contributed by atoms with Gasteiger partial charge in [-0.05, 0) is 31.0 Å². The fourth-order valence-electron chi connectivity index (χ4n) is 1.70. The zero-order valence-corrected chi connectivity index (χ0v) is 11.5. The van der Waals surface area contributed by atoms with Gasteiger partial charge in [-0.15, -0.1) is 12.3 Å². The molecule has 0 aliphatic heterocycles. The number of nitrogens with one attached hydrogen (secondary N) is 1. The minimum Gasteiger partial charge on any atom is -0.310 e. The zero-order valence-electron chi connectivity index (χ0n) is 9.97. The molecule has 1 N–H and O–H groups in total. The molecule has 0 aromatic heterocycles. The van der Waals surface area contributed by atoms with Crippen LogP contribution in [0, 0.1) is 12.3 Å². The molecular weight excluding hydrogens is 253 g/mol. The summed E-state index contributed by atoms with van der Waals surface area (Å²) < 4.78 is 0. The van der Waals surface area contributed by atoms with Crippen LogP contribution in [0.3, 0.4) is 0 Å². The van der Waals surface area contributed by atoms with E-state index in [4.69, 9.17) is 29.6 Å². The average Bonchev–Trinajstić information content (AvgIpc) is 2.34. The predicted octanol–water partition coefficient (Wildman–Crippen LogP) is 4.45. The minimum absolute atomic E-state index is 0.178. The molecule has 0 aliphatic rings. The van der Waals surface area contributed by atoms with E-state index < -0.39 is 0 Å². The first-order valence-electron chi connectivity index (χ1n) is 5.81. The summed E-state index contributed by atoms with van der Waals surface area (Å²) in [6.45, 7) is 3.07. The molecular formula is C14H17Cl2N.